The molecular weight excluding hydrogens is 380 g/mol. The fraction of sp³-hybridized carbons (Fsp3) is 0.0833. The maximum atomic E-state index is 4.17. The normalized spacial score (nSPS) is 12.4. The SMILES string of the molecule is Cc1cc2c(cc1-c1ccncc1)-c1cc(-c3ccncc3)c(C)cc1SS2. The van der Waals surface area contributed by atoms with E-state index in [0.717, 1.165) is 0 Å². The van der Waals surface area contributed by atoms with Crippen LogP contribution in [0.25, 0.3) is 33.4 Å². The van der Waals surface area contributed by atoms with Crippen molar-refractivity contribution in [3.05, 3.63) is 84.4 Å². The highest BCUT2D eigenvalue weighted by Gasteiger charge is 2.21. The first-order valence-corrected chi connectivity index (χ1v) is 11.3. The van der Waals surface area contributed by atoms with E-state index in [9.17, 15) is 0 Å². The van der Waals surface area contributed by atoms with E-state index in [2.05, 4.69) is 72.3 Å². The maximum Gasteiger partial charge on any atom is 0.0273 e. The van der Waals surface area contributed by atoms with Crippen LogP contribution in [0.5, 0.6) is 0 Å². The van der Waals surface area contributed by atoms with Gasteiger partial charge >= 0.3 is 0 Å². The van der Waals surface area contributed by atoms with Gasteiger partial charge in [0.2, 0.25) is 0 Å². The van der Waals surface area contributed by atoms with Crippen molar-refractivity contribution in [1.82, 2.24) is 9.97 Å². The second-order valence-corrected chi connectivity index (χ2v) is 9.18. The minimum absolute atomic E-state index is 1.21. The van der Waals surface area contributed by atoms with E-state index < -0.39 is 0 Å². The van der Waals surface area contributed by atoms with E-state index in [1.807, 2.05) is 46.4 Å². The Morgan fingerprint density at radius 1 is 0.536 bits per heavy atom. The Hall–Kier alpha value is -2.56. The lowest BCUT2D eigenvalue weighted by Crippen LogP contribution is -1.96. The molecule has 2 nitrogen and oxygen atoms in total. The first-order valence-electron chi connectivity index (χ1n) is 9.16. The number of pyridine rings is 2. The Morgan fingerprint density at radius 2 is 0.929 bits per heavy atom. The fourth-order valence-corrected chi connectivity index (χ4v) is 6.21. The van der Waals surface area contributed by atoms with Gasteiger partial charge in [-0.05, 0) is 107 Å². The second kappa shape index (κ2) is 7.12. The van der Waals surface area contributed by atoms with Gasteiger partial charge in [0.1, 0.15) is 0 Å². The van der Waals surface area contributed by atoms with Crippen molar-refractivity contribution in [3.8, 4) is 33.4 Å². The molecule has 0 aliphatic carbocycles. The van der Waals surface area contributed by atoms with Gasteiger partial charge in [-0.3, -0.25) is 9.97 Å². The molecular formula is C24H18N2S2. The van der Waals surface area contributed by atoms with Crippen molar-refractivity contribution in [2.75, 3.05) is 0 Å². The molecule has 0 fully saturated rings. The molecule has 0 N–H and O–H groups in total. The zero-order valence-electron chi connectivity index (χ0n) is 15.6. The smallest absolute Gasteiger partial charge is 0.0273 e. The number of rotatable bonds is 2. The van der Waals surface area contributed by atoms with Crippen molar-refractivity contribution in [2.45, 2.75) is 23.6 Å². The number of aromatic nitrogens is 2. The van der Waals surface area contributed by atoms with Gasteiger partial charge in [-0.2, -0.15) is 0 Å². The lowest BCUT2D eigenvalue weighted by Gasteiger charge is -2.23. The molecule has 2 aromatic heterocycles. The summed E-state index contributed by atoms with van der Waals surface area (Å²) < 4.78 is 0. The topological polar surface area (TPSA) is 25.8 Å². The standard InChI is InChI=1S/C24H18N2S2/c1-15-11-23-21(13-19(15)17-3-7-25-8-4-17)22-14-20(18-5-9-26-10-6-18)16(2)12-24(22)28-27-23/h3-14H,1-2H3. The van der Waals surface area contributed by atoms with Crippen LogP contribution in [0.2, 0.25) is 0 Å². The van der Waals surface area contributed by atoms with Crippen LogP contribution in [0.3, 0.4) is 0 Å². The first-order chi connectivity index (χ1) is 13.7. The summed E-state index contributed by atoms with van der Waals surface area (Å²) in [5.74, 6) is 0. The van der Waals surface area contributed by atoms with E-state index in [1.54, 1.807) is 0 Å². The molecule has 4 heteroatoms. The molecule has 4 aromatic rings. The summed E-state index contributed by atoms with van der Waals surface area (Å²) in [6.07, 6.45) is 7.44. The molecule has 0 saturated heterocycles. The number of hydrogen-bond acceptors (Lipinski definition) is 4. The predicted octanol–water partition coefficient (Wildman–Crippen LogP) is 7.21. The van der Waals surface area contributed by atoms with Crippen LogP contribution in [0.15, 0.2) is 83.1 Å². The molecule has 0 saturated carbocycles. The van der Waals surface area contributed by atoms with Gasteiger partial charge in [0.25, 0.3) is 0 Å². The van der Waals surface area contributed by atoms with E-state index in [4.69, 9.17) is 0 Å². The summed E-state index contributed by atoms with van der Waals surface area (Å²) in [5, 5.41) is 0. The van der Waals surface area contributed by atoms with Crippen molar-refractivity contribution < 1.29 is 0 Å². The van der Waals surface area contributed by atoms with Gasteiger partial charge in [0, 0.05) is 34.6 Å². The number of nitrogens with zero attached hydrogens (tertiary/aromatic N) is 2. The van der Waals surface area contributed by atoms with Crippen LogP contribution in [0, 0.1) is 13.8 Å². The molecule has 5 rings (SSSR count). The molecule has 0 spiro atoms. The summed E-state index contributed by atoms with van der Waals surface area (Å²) in [4.78, 5) is 11.0. The third kappa shape index (κ3) is 3.03. The largest absolute Gasteiger partial charge is 0.265 e. The average Bonchev–Trinajstić information content (AvgIpc) is 2.74. The van der Waals surface area contributed by atoms with Crippen LogP contribution in [0.4, 0.5) is 0 Å². The minimum Gasteiger partial charge on any atom is -0.265 e. The molecule has 2 aromatic carbocycles. The molecule has 0 bridgehead atoms. The summed E-state index contributed by atoms with van der Waals surface area (Å²) in [5.41, 5.74) is 10.2. The van der Waals surface area contributed by atoms with Crippen LogP contribution in [0.1, 0.15) is 11.1 Å². The second-order valence-electron chi connectivity index (χ2n) is 6.97. The average molecular weight is 399 g/mol. The molecule has 3 heterocycles. The first kappa shape index (κ1) is 17.5. The molecule has 136 valence electrons. The van der Waals surface area contributed by atoms with Gasteiger partial charge in [0.15, 0.2) is 0 Å². The number of fused-ring (bicyclic) bond motifs is 3. The Morgan fingerprint density at radius 3 is 1.32 bits per heavy atom. The van der Waals surface area contributed by atoms with Gasteiger partial charge in [-0.1, -0.05) is 21.6 Å². The summed E-state index contributed by atoms with van der Waals surface area (Å²) >= 11 is 0. The molecule has 0 radical (unpaired) electrons. The Balaban J connectivity index is 1.72. The van der Waals surface area contributed by atoms with E-state index in [-0.39, 0.29) is 0 Å². The van der Waals surface area contributed by atoms with E-state index in [0.29, 0.717) is 0 Å². The highest BCUT2D eigenvalue weighted by atomic mass is 33.1. The third-order valence-corrected chi connectivity index (χ3v) is 7.59. The fourth-order valence-electron chi connectivity index (χ4n) is 3.70. The van der Waals surface area contributed by atoms with Crippen LogP contribution >= 0.6 is 21.6 Å². The zero-order chi connectivity index (χ0) is 19.1. The molecule has 0 amide bonds. The maximum absolute atomic E-state index is 4.17. The number of hydrogen-bond donors (Lipinski definition) is 0. The number of aryl methyl sites for hydroxylation is 2. The lowest BCUT2D eigenvalue weighted by atomic mass is 9.92. The molecule has 28 heavy (non-hydrogen) atoms. The van der Waals surface area contributed by atoms with Crippen molar-refractivity contribution in [3.63, 3.8) is 0 Å². The minimum atomic E-state index is 1.21. The summed E-state index contributed by atoms with van der Waals surface area (Å²) in [6, 6.07) is 17.6. The van der Waals surface area contributed by atoms with Crippen molar-refractivity contribution in [2.24, 2.45) is 0 Å². The quantitative estimate of drug-likeness (QED) is 0.333. The predicted molar refractivity (Wildman–Crippen MR) is 120 cm³/mol. The van der Waals surface area contributed by atoms with Gasteiger partial charge in [-0.15, -0.1) is 0 Å². The zero-order valence-corrected chi connectivity index (χ0v) is 17.3. The van der Waals surface area contributed by atoms with E-state index in [1.165, 1.54) is 54.3 Å². The van der Waals surface area contributed by atoms with Gasteiger partial charge < -0.3 is 0 Å². The van der Waals surface area contributed by atoms with E-state index >= 15 is 0 Å². The van der Waals surface area contributed by atoms with Gasteiger partial charge in [0.05, 0.1) is 0 Å². The Bertz CT molecular complexity index is 1080. The van der Waals surface area contributed by atoms with Crippen molar-refractivity contribution >= 4 is 21.6 Å². The Labute approximate surface area is 172 Å². The van der Waals surface area contributed by atoms with Gasteiger partial charge in [-0.25, -0.2) is 0 Å². The molecule has 1 aliphatic heterocycles. The molecule has 0 atom stereocenters. The number of benzene rings is 2. The van der Waals surface area contributed by atoms with Crippen LogP contribution in [-0.4, -0.2) is 9.97 Å². The monoisotopic (exact) mass is 398 g/mol. The highest BCUT2D eigenvalue weighted by molar-refractivity contribution is 8.76. The summed E-state index contributed by atoms with van der Waals surface area (Å²) in [6.45, 7) is 4.38. The van der Waals surface area contributed by atoms with Crippen molar-refractivity contribution in [1.29, 1.82) is 0 Å². The van der Waals surface area contributed by atoms with Crippen LogP contribution in [-0.2, 0) is 0 Å². The highest BCUT2D eigenvalue weighted by Crippen LogP contribution is 2.53. The van der Waals surface area contributed by atoms with Crippen LogP contribution < -0.4 is 0 Å². The lowest BCUT2D eigenvalue weighted by molar-refractivity contribution is 1.29. The molecule has 0 unspecified atom stereocenters. The Kier molecular flexibility index (Phi) is 4.46. The molecule has 1 aliphatic rings. The third-order valence-electron chi connectivity index (χ3n) is 5.15. The summed E-state index contributed by atoms with van der Waals surface area (Å²) in [7, 11) is 3.71.